The Bertz CT molecular complexity index is 1100. The average molecular weight is 524 g/mol. The highest BCUT2D eigenvalue weighted by atomic mass is 35.5. The van der Waals surface area contributed by atoms with E-state index >= 15 is 0 Å². The first kappa shape index (κ1) is 24.0. The number of phenols is 1. The first-order chi connectivity index (χ1) is 15.9. The number of nitrogens with one attached hydrogen (secondary N) is 1. The molecule has 10 heteroatoms. The van der Waals surface area contributed by atoms with Crippen molar-refractivity contribution in [1.82, 2.24) is 14.6 Å². The minimum atomic E-state index is -0.932. The molecule has 4 rings (SSSR count). The van der Waals surface area contributed by atoms with Crippen molar-refractivity contribution in [3.63, 3.8) is 0 Å². The van der Waals surface area contributed by atoms with Gasteiger partial charge in [-0.25, -0.2) is 0 Å². The molecular weight excluding hydrogens is 501 g/mol. The molecule has 1 fully saturated rings. The molecule has 2 N–H and O–H groups in total. The Hall–Kier alpha value is -2.13. The van der Waals surface area contributed by atoms with Crippen LogP contribution < -0.4 is 5.32 Å². The number of carbonyl (C=O) groups is 2. The van der Waals surface area contributed by atoms with Crippen molar-refractivity contribution >= 4 is 57.9 Å². The summed E-state index contributed by atoms with van der Waals surface area (Å²) < 4.78 is 4.37. The highest BCUT2D eigenvalue weighted by Gasteiger charge is 2.35. The number of carbonyl (C=O) groups excluding carboxylic acids is 2. The Morgan fingerprint density at radius 3 is 2.48 bits per heavy atom. The zero-order chi connectivity index (χ0) is 23.4. The van der Waals surface area contributed by atoms with Crippen LogP contribution >= 0.6 is 46.1 Å². The zero-order valence-electron chi connectivity index (χ0n) is 17.7. The Morgan fingerprint density at radius 1 is 1.15 bits per heavy atom. The van der Waals surface area contributed by atoms with Crippen LogP contribution in [-0.4, -0.2) is 32.2 Å². The number of aromatic nitrogens is 1. The average Bonchev–Trinajstić information content (AvgIpc) is 3.45. The van der Waals surface area contributed by atoms with E-state index in [1.54, 1.807) is 12.1 Å². The molecule has 1 saturated carbocycles. The van der Waals surface area contributed by atoms with Gasteiger partial charge in [-0.05, 0) is 53.5 Å². The molecule has 1 aromatic carbocycles. The van der Waals surface area contributed by atoms with Gasteiger partial charge in [0.2, 0.25) is 5.91 Å². The van der Waals surface area contributed by atoms with Crippen molar-refractivity contribution < 1.29 is 14.7 Å². The lowest BCUT2D eigenvalue weighted by Crippen LogP contribution is -2.46. The second-order valence-corrected chi connectivity index (χ2v) is 10.8. The number of hydrogen-bond donors (Lipinski definition) is 2. The summed E-state index contributed by atoms with van der Waals surface area (Å²) in [5.74, 6) is -0.668. The lowest BCUT2D eigenvalue weighted by atomic mass is 9.94. The lowest BCUT2D eigenvalue weighted by Gasteiger charge is -2.33. The molecule has 6 nitrogen and oxygen atoms in total. The third kappa shape index (κ3) is 5.69. The second kappa shape index (κ2) is 10.9. The van der Waals surface area contributed by atoms with Gasteiger partial charge in [-0.15, -0.1) is 11.3 Å². The Balaban J connectivity index is 1.73. The molecule has 0 radical (unpaired) electrons. The van der Waals surface area contributed by atoms with Crippen LogP contribution in [-0.2, 0) is 11.3 Å². The molecule has 1 atom stereocenters. The van der Waals surface area contributed by atoms with E-state index in [1.165, 1.54) is 34.8 Å². The Kier molecular flexibility index (Phi) is 7.90. The molecular formula is C23H23Cl2N3O3S2. The quantitative estimate of drug-likeness (QED) is 0.394. The lowest BCUT2D eigenvalue weighted by molar-refractivity contribution is -0.127. The van der Waals surface area contributed by atoms with E-state index in [4.69, 9.17) is 23.2 Å². The molecule has 2 aromatic heterocycles. The van der Waals surface area contributed by atoms with E-state index in [-0.39, 0.29) is 39.3 Å². The molecule has 174 valence electrons. The van der Waals surface area contributed by atoms with Gasteiger partial charge in [-0.1, -0.05) is 60.7 Å². The number of benzene rings is 1. The van der Waals surface area contributed by atoms with E-state index in [0.717, 1.165) is 42.1 Å². The van der Waals surface area contributed by atoms with Gasteiger partial charge < -0.3 is 15.3 Å². The van der Waals surface area contributed by atoms with Crippen molar-refractivity contribution in [1.29, 1.82) is 0 Å². The summed E-state index contributed by atoms with van der Waals surface area (Å²) >= 11 is 14.8. The van der Waals surface area contributed by atoms with E-state index in [1.807, 2.05) is 17.5 Å². The molecule has 3 aromatic rings. The van der Waals surface area contributed by atoms with Gasteiger partial charge in [-0.3, -0.25) is 9.59 Å². The number of aromatic hydroxyl groups is 1. The normalized spacial score (nSPS) is 15.2. The summed E-state index contributed by atoms with van der Waals surface area (Å²) in [6.45, 7) is 0.200. The number of phenolic OH excluding ortho intramolecular Hbond substituents is 1. The van der Waals surface area contributed by atoms with Gasteiger partial charge in [0.25, 0.3) is 5.91 Å². The molecule has 0 saturated heterocycles. The van der Waals surface area contributed by atoms with Gasteiger partial charge in [0.1, 0.15) is 21.2 Å². The predicted octanol–water partition coefficient (Wildman–Crippen LogP) is 6.05. The highest BCUT2D eigenvalue weighted by Crippen LogP contribution is 2.34. The minimum Gasteiger partial charge on any atom is -0.508 e. The van der Waals surface area contributed by atoms with E-state index in [0.29, 0.717) is 5.56 Å². The van der Waals surface area contributed by atoms with Gasteiger partial charge in [0, 0.05) is 10.9 Å². The zero-order valence-corrected chi connectivity index (χ0v) is 20.8. The van der Waals surface area contributed by atoms with Crippen LogP contribution in [0.15, 0.2) is 41.8 Å². The molecule has 33 heavy (non-hydrogen) atoms. The monoisotopic (exact) mass is 523 g/mol. The fourth-order valence-corrected chi connectivity index (χ4v) is 5.73. The van der Waals surface area contributed by atoms with E-state index < -0.39 is 11.9 Å². The molecule has 0 aliphatic heterocycles. The minimum absolute atomic E-state index is 0.0254. The van der Waals surface area contributed by atoms with Crippen LogP contribution in [0.3, 0.4) is 0 Å². The maximum Gasteiger partial charge on any atom is 0.276 e. The fourth-order valence-electron chi connectivity index (χ4n) is 4.04. The summed E-state index contributed by atoms with van der Waals surface area (Å²) in [7, 11) is 0. The van der Waals surface area contributed by atoms with E-state index in [9.17, 15) is 14.7 Å². The molecule has 1 aliphatic rings. The van der Waals surface area contributed by atoms with Crippen LogP contribution in [0.4, 0.5) is 0 Å². The van der Waals surface area contributed by atoms with Gasteiger partial charge in [0.15, 0.2) is 5.69 Å². The SMILES string of the molecule is O=C(NC1CCCCC1)C(c1ccc(O)cc1)N(Cc1cccs1)C(=O)c1nsc(Cl)c1Cl. The second-order valence-electron chi connectivity index (χ2n) is 7.97. The molecule has 2 amide bonds. The Morgan fingerprint density at radius 2 is 1.88 bits per heavy atom. The van der Waals surface area contributed by atoms with Crippen LogP contribution in [0.25, 0.3) is 0 Å². The van der Waals surface area contributed by atoms with Crippen molar-refractivity contribution in [2.24, 2.45) is 0 Å². The number of nitrogens with zero attached hydrogens (tertiary/aromatic N) is 2. The van der Waals surface area contributed by atoms with Crippen LogP contribution in [0.5, 0.6) is 5.75 Å². The maximum absolute atomic E-state index is 13.7. The summed E-state index contributed by atoms with van der Waals surface area (Å²) in [6, 6.07) is 9.28. The van der Waals surface area contributed by atoms with Crippen molar-refractivity contribution in [2.75, 3.05) is 0 Å². The number of rotatable bonds is 7. The number of amides is 2. The number of halogens is 2. The maximum atomic E-state index is 13.7. The highest BCUT2D eigenvalue weighted by molar-refractivity contribution is 7.11. The summed E-state index contributed by atoms with van der Waals surface area (Å²) in [4.78, 5) is 29.7. The van der Waals surface area contributed by atoms with Gasteiger partial charge in [0.05, 0.1) is 6.54 Å². The smallest absolute Gasteiger partial charge is 0.276 e. The Labute approximate surface area is 210 Å². The number of thiophene rings is 1. The predicted molar refractivity (Wildman–Crippen MR) is 132 cm³/mol. The third-order valence-electron chi connectivity index (χ3n) is 5.69. The van der Waals surface area contributed by atoms with Gasteiger partial charge in [-0.2, -0.15) is 4.37 Å². The largest absolute Gasteiger partial charge is 0.508 e. The summed E-state index contributed by atoms with van der Waals surface area (Å²) in [6.07, 6.45) is 5.14. The first-order valence-electron chi connectivity index (χ1n) is 10.7. The van der Waals surface area contributed by atoms with Gasteiger partial charge >= 0.3 is 0 Å². The van der Waals surface area contributed by atoms with Crippen LogP contribution in [0, 0.1) is 0 Å². The first-order valence-corrected chi connectivity index (χ1v) is 13.1. The van der Waals surface area contributed by atoms with Crippen LogP contribution in [0.1, 0.15) is 59.1 Å². The topological polar surface area (TPSA) is 82.5 Å². The van der Waals surface area contributed by atoms with Crippen molar-refractivity contribution in [2.45, 2.75) is 50.7 Å². The molecule has 0 bridgehead atoms. The molecule has 0 spiro atoms. The molecule has 2 heterocycles. The summed E-state index contributed by atoms with van der Waals surface area (Å²) in [5, 5.41) is 14.9. The van der Waals surface area contributed by atoms with Crippen LogP contribution in [0.2, 0.25) is 9.36 Å². The number of hydrogen-bond acceptors (Lipinski definition) is 6. The van der Waals surface area contributed by atoms with E-state index in [2.05, 4.69) is 9.69 Å². The van der Waals surface area contributed by atoms with Crippen molar-refractivity contribution in [3.8, 4) is 5.75 Å². The molecule has 1 unspecified atom stereocenters. The standard InChI is InChI=1S/C23H23Cl2N3O3S2/c24-18-19(27-33-21(18)25)23(31)28(13-17-7-4-12-32-17)20(14-8-10-16(29)11-9-14)22(30)26-15-5-2-1-3-6-15/h4,7-12,15,20,29H,1-3,5-6,13H2,(H,26,30). The molecule has 1 aliphatic carbocycles. The third-order valence-corrected chi connectivity index (χ3v) is 8.16. The summed E-state index contributed by atoms with van der Waals surface area (Å²) in [5.41, 5.74) is 0.612. The van der Waals surface area contributed by atoms with Crippen molar-refractivity contribution in [3.05, 3.63) is 67.3 Å². The fraction of sp³-hybridized carbons (Fsp3) is 0.348.